The van der Waals surface area contributed by atoms with Gasteiger partial charge in [0.15, 0.2) is 0 Å². The lowest BCUT2D eigenvalue weighted by Crippen LogP contribution is -2.42. The molecule has 0 aromatic rings. The van der Waals surface area contributed by atoms with Crippen LogP contribution in [0, 0.1) is 5.92 Å². The fourth-order valence-corrected chi connectivity index (χ4v) is 3.04. The molecule has 0 unspecified atom stereocenters. The lowest BCUT2D eigenvalue weighted by molar-refractivity contribution is -0.184. The third-order valence-electron chi connectivity index (χ3n) is 4.10. The molecule has 0 heterocycles. The van der Waals surface area contributed by atoms with E-state index in [0.717, 1.165) is 56.4 Å². The topological polar surface area (TPSA) is 40.5 Å². The summed E-state index contributed by atoms with van der Waals surface area (Å²) in [7, 11) is 0. The van der Waals surface area contributed by atoms with E-state index >= 15 is 0 Å². The standard InChI is InChI=1S/C13H23NO2/c15-13(11-7-3-1-4-8-11)14(16)12-9-5-2-6-10-12/h11-12,16H,1-10H2. The first-order valence-corrected chi connectivity index (χ1v) is 6.81. The summed E-state index contributed by atoms with van der Waals surface area (Å²) in [5, 5.41) is 11.1. The van der Waals surface area contributed by atoms with Crippen molar-refractivity contribution in [3.8, 4) is 0 Å². The highest BCUT2D eigenvalue weighted by atomic mass is 16.5. The van der Waals surface area contributed by atoms with Crippen LogP contribution >= 0.6 is 0 Å². The van der Waals surface area contributed by atoms with Gasteiger partial charge < -0.3 is 0 Å². The molecular formula is C13H23NO2. The van der Waals surface area contributed by atoms with Crippen molar-refractivity contribution >= 4 is 5.91 Å². The number of amides is 1. The molecule has 2 aliphatic carbocycles. The number of nitrogens with zero attached hydrogens (tertiary/aromatic N) is 1. The van der Waals surface area contributed by atoms with Gasteiger partial charge in [-0.2, -0.15) is 0 Å². The van der Waals surface area contributed by atoms with E-state index in [0.29, 0.717) is 0 Å². The second kappa shape index (κ2) is 5.67. The highest BCUT2D eigenvalue weighted by Gasteiger charge is 2.30. The van der Waals surface area contributed by atoms with E-state index in [9.17, 15) is 10.0 Å². The zero-order valence-corrected chi connectivity index (χ0v) is 10.0. The van der Waals surface area contributed by atoms with Crippen LogP contribution in [0.5, 0.6) is 0 Å². The fourth-order valence-electron chi connectivity index (χ4n) is 3.04. The van der Waals surface area contributed by atoms with Crippen molar-refractivity contribution in [2.75, 3.05) is 0 Å². The second-order valence-electron chi connectivity index (χ2n) is 5.31. The second-order valence-corrected chi connectivity index (χ2v) is 5.31. The molecule has 0 saturated heterocycles. The number of carbonyl (C=O) groups is 1. The Kier molecular flexibility index (Phi) is 4.22. The Bertz CT molecular complexity index is 230. The smallest absolute Gasteiger partial charge is 0.249 e. The van der Waals surface area contributed by atoms with Crippen LogP contribution in [0.4, 0.5) is 0 Å². The fraction of sp³-hybridized carbons (Fsp3) is 0.923. The molecule has 16 heavy (non-hydrogen) atoms. The summed E-state index contributed by atoms with van der Waals surface area (Å²) in [6, 6.07) is 0.100. The highest BCUT2D eigenvalue weighted by Crippen LogP contribution is 2.28. The molecule has 2 saturated carbocycles. The predicted molar refractivity (Wildman–Crippen MR) is 62.1 cm³/mol. The minimum absolute atomic E-state index is 0.00778. The lowest BCUT2D eigenvalue weighted by atomic mass is 9.87. The van der Waals surface area contributed by atoms with Gasteiger partial charge in [0, 0.05) is 5.92 Å². The molecule has 0 aromatic carbocycles. The monoisotopic (exact) mass is 225 g/mol. The molecule has 2 rings (SSSR count). The third kappa shape index (κ3) is 2.76. The zero-order chi connectivity index (χ0) is 11.4. The number of hydroxylamine groups is 2. The van der Waals surface area contributed by atoms with Crippen molar-refractivity contribution in [1.29, 1.82) is 0 Å². The molecule has 0 radical (unpaired) electrons. The van der Waals surface area contributed by atoms with Crippen LogP contribution in [0.3, 0.4) is 0 Å². The van der Waals surface area contributed by atoms with Crippen molar-refractivity contribution in [2.45, 2.75) is 70.3 Å². The summed E-state index contributed by atoms with van der Waals surface area (Å²) in [5.41, 5.74) is 0. The lowest BCUT2D eigenvalue weighted by Gasteiger charge is -2.32. The van der Waals surface area contributed by atoms with Gasteiger partial charge in [-0.1, -0.05) is 38.5 Å². The van der Waals surface area contributed by atoms with Crippen LogP contribution in [0.1, 0.15) is 64.2 Å². The van der Waals surface area contributed by atoms with Crippen LogP contribution in [0.2, 0.25) is 0 Å². The quantitative estimate of drug-likeness (QED) is 0.579. The van der Waals surface area contributed by atoms with Gasteiger partial charge in [0.2, 0.25) is 5.91 Å². The van der Waals surface area contributed by atoms with Crippen LogP contribution in [-0.2, 0) is 4.79 Å². The Morgan fingerprint density at radius 1 is 0.875 bits per heavy atom. The molecule has 2 fully saturated rings. The predicted octanol–water partition coefficient (Wildman–Crippen LogP) is 3.12. The van der Waals surface area contributed by atoms with E-state index in [-0.39, 0.29) is 17.9 Å². The van der Waals surface area contributed by atoms with Gasteiger partial charge >= 0.3 is 0 Å². The molecule has 1 N–H and O–H groups in total. The Balaban J connectivity index is 1.86. The summed E-state index contributed by atoms with van der Waals surface area (Å²) in [6.45, 7) is 0. The maximum atomic E-state index is 12.1. The average Bonchev–Trinajstić information content (AvgIpc) is 2.39. The van der Waals surface area contributed by atoms with E-state index in [2.05, 4.69) is 0 Å². The van der Waals surface area contributed by atoms with Crippen molar-refractivity contribution in [3.05, 3.63) is 0 Å². The van der Waals surface area contributed by atoms with E-state index in [1.54, 1.807) is 0 Å². The van der Waals surface area contributed by atoms with Crippen molar-refractivity contribution in [3.63, 3.8) is 0 Å². The van der Waals surface area contributed by atoms with Gasteiger partial charge in [-0.3, -0.25) is 10.0 Å². The van der Waals surface area contributed by atoms with E-state index in [4.69, 9.17) is 0 Å². The Morgan fingerprint density at radius 2 is 1.38 bits per heavy atom. The minimum atomic E-state index is -0.00778. The number of hydrogen-bond acceptors (Lipinski definition) is 2. The Hall–Kier alpha value is -0.570. The minimum Gasteiger partial charge on any atom is -0.286 e. The van der Waals surface area contributed by atoms with Gasteiger partial charge in [0.05, 0.1) is 6.04 Å². The Morgan fingerprint density at radius 3 is 1.94 bits per heavy atom. The molecule has 3 nitrogen and oxygen atoms in total. The zero-order valence-electron chi connectivity index (χ0n) is 10.0. The first kappa shape index (κ1) is 11.9. The summed E-state index contributed by atoms with van der Waals surface area (Å²) in [4.78, 5) is 12.1. The number of hydrogen-bond donors (Lipinski definition) is 1. The maximum Gasteiger partial charge on any atom is 0.249 e. The third-order valence-corrected chi connectivity index (χ3v) is 4.10. The van der Waals surface area contributed by atoms with Crippen molar-refractivity contribution < 1.29 is 10.0 Å². The maximum absolute atomic E-state index is 12.1. The first-order valence-electron chi connectivity index (χ1n) is 6.81. The average molecular weight is 225 g/mol. The van der Waals surface area contributed by atoms with Crippen LogP contribution in [-0.4, -0.2) is 22.2 Å². The number of carbonyl (C=O) groups excluding carboxylic acids is 1. The molecule has 0 spiro atoms. The number of rotatable bonds is 2. The summed E-state index contributed by atoms with van der Waals surface area (Å²) in [5.74, 6) is 0.0901. The van der Waals surface area contributed by atoms with E-state index < -0.39 is 0 Å². The molecule has 0 aromatic heterocycles. The first-order chi connectivity index (χ1) is 7.79. The van der Waals surface area contributed by atoms with Gasteiger partial charge in [-0.25, -0.2) is 5.06 Å². The van der Waals surface area contributed by atoms with Gasteiger partial charge in [0.25, 0.3) is 0 Å². The molecule has 0 atom stereocenters. The van der Waals surface area contributed by atoms with E-state index in [1.165, 1.54) is 12.8 Å². The summed E-state index contributed by atoms with van der Waals surface area (Å²) in [6.07, 6.45) is 11.0. The van der Waals surface area contributed by atoms with Crippen LogP contribution in [0.15, 0.2) is 0 Å². The molecule has 92 valence electrons. The van der Waals surface area contributed by atoms with Crippen LogP contribution in [0.25, 0.3) is 0 Å². The van der Waals surface area contributed by atoms with Gasteiger partial charge in [0.1, 0.15) is 0 Å². The van der Waals surface area contributed by atoms with Gasteiger partial charge in [-0.05, 0) is 25.7 Å². The summed E-state index contributed by atoms with van der Waals surface area (Å²) < 4.78 is 0. The van der Waals surface area contributed by atoms with E-state index in [1.807, 2.05) is 0 Å². The van der Waals surface area contributed by atoms with Crippen molar-refractivity contribution in [1.82, 2.24) is 5.06 Å². The highest BCUT2D eigenvalue weighted by molar-refractivity contribution is 5.78. The van der Waals surface area contributed by atoms with Crippen molar-refractivity contribution in [2.24, 2.45) is 5.92 Å². The molecule has 3 heteroatoms. The SMILES string of the molecule is O=C(C1CCCCC1)N(O)C1CCCCC1. The molecule has 0 bridgehead atoms. The largest absolute Gasteiger partial charge is 0.286 e. The molecule has 1 amide bonds. The van der Waals surface area contributed by atoms with Gasteiger partial charge in [-0.15, -0.1) is 0 Å². The van der Waals surface area contributed by atoms with Crippen LogP contribution < -0.4 is 0 Å². The normalized spacial score (nSPS) is 24.3. The summed E-state index contributed by atoms with van der Waals surface area (Å²) >= 11 is 0. The Labute approximate surface area is 97.8 Å². The molecular weight excluding hydrogens is 202 g/mol. The molecule has 0 aliphatic heterocycles. The molecule has 2 aliphatic rings.